The van der Waals surface area contributed by atoms with Crippen LogP contribution in [0.15, 0.2) is 126 Å². The van der Waals surface area contributed by atoms with E-state index in [2.05, 4.69) is 124 Å². The number of fused-ring (bicyclic) bond motifs is 4. The smallest absolute Gasteiger partial charge is 0.216 e. The minimum absolute atomic E-state index is 0. The molecule has 0 unspecified atom stereocenters. The average Bonchev–Trinajstić information content (AvgIpc) is 3.86. The molecule has 0 saturated carbocycles. The third-order valence-corrected chi connectivity index (χ3v) is 16.2. The van der Waals surface area contributed by atoms with E-state index >= 15 is 0 Å². The van der Waals surface area contributed by atoms with Gasteiger partial charge in [0.25, 0.3) is 0 Å². The number of imidazole rings is 1. The Bertz CT molecular complexity index is 3250. The van der Waals surface area contributed by atoms with Gasteiger partial charge in [0.2, 0.25) is 5.71 Å². The molecule has 9 aromatic rings. The molecule has 0 bridgehead atoms. The molecule has 65 heavy (non-hydrogen) atoms. The zero-order chi connectivity index (χ0) is 49.1. The van der Waals surface area contributed by atoms with Crippen LogP contribution in [0, 0.1) is 19.0 Å². The number of benzene rings is 5. The van der Waals surface area contributed by atoms with Crippen molar-refractivity contribution in [2.24, 2.45) is 0 Å². The van der Waals surface area contributed by atoms with E-state index in [0.717, 1.165) is 55.6 Å². The molecule has 9 rings (SSSR count). The SMILES string of the molecule is [2H]C(C)(C)c1cc(-c2[c-]cccc2)nc[c]1[Ge]([CH3])([CH3])[CH3].[2H]C([2H])([2H])c1ccc(-c2ccc3c(n2)oc2c(-c4nc5ccccc5n4-c4c(C(C)C)cc(C(C)(C)C)cc4C(C)C)[c-]ccc23)cc1.[Ir]. The molecule has 5 aromatic carbocycles. The Balaban J connectivity index is 0.000000281. The van der Waals surface area contributed by atoms with Crippen molar-refractivity contribution in [3.05, 3.63) is 161 Å². The zero-order valence-electron chi connectivity index (χ0n) is 43.7. The second kappa shape index (κ2) is 19.0. The molecular weight excluding hydrogens is 1030 g/mol. The number of pyridine rings is 2. The maximum Gasteiger partial charge on any atom is 0.216 e. The molecule has 1 radical (unpaired) electrons. The Kier molecular flexibility index (Phi) is 12.4. The molecule has 0 aliphatic heterocycles. The molecule has 0 spiro atoms. The van der Waals surface area contributed by atoms with Crippen molar-refractivity contribution in [3.8, 4) is 39.6 Å². The van der Waals surface area contributed by atoms with Gasteiger partial charge in [0.05, 0.1) is 28.1 Å². The Hall–Kier alpha value is -5.14. The summed E-state index contributed by atoms with van der Waals surface area (Å²) in [4.78, 5) is 14.8. The normalized spacial score (nSPS) is 13.3. The van der Waals surface area contributed by atoms with Gasteiger partial charge in [-0.3, -0.25) is 4.98 Å². The van der Waals surface area contributed by atoms with Crippen molar-refractivity contribution in [2.75, 3.05) is 0 Å². The predicted molar refractivity (Wildman–Crippen MR) is 273 cm³/mol. The van der Waals surface area contributed by atoms with Crippen LogP contribution in [0.2, 0.25) is 17.3 Å². The van der Waals surface area contributed by atoms with Crippen LogP contribution in [-0.4, -0.2) is 32.8 Å². The van der Waals surface area contributed by atoms with Crippen LogP contribution in [0.1, 0.15) is 113 Å². The van der Waals surface area contributed by atoms with Crippen molar-refractivity contribution < 1.29 is 30.0 Å². The Morgan fingerprint density at radius 2 is 1.42 bits per heavy atom. The minimum atomic E-state index is -2.15. The quantitative estimate of drug-likeness (QED) is 0.112. The van der Waals surface area contributed by atoms with Crippen molar-refractivity contribution in [2.45, 2.75) is 110 Å². The Morgan fingerprint density at radius 3 is 2.03 bits per heavy atom. The number of nitrogens with zero attached hydrogens (tertiary/aromatic N) is 4. The topological polar surface area (TPSA) is 56.7 Å². The fourth-order valence-electron chi connectivity index (χ4n) is 8.43. The molecule has 4 aromatic heterocycles. The number of rotatable bonds is 8. The van der Waals surface area contributed by atoms with Crippen molar-refractivity contribution in [1.29, 1.82) is 0 Å². The van der Waals surface area contributed by atoms with Crippen LogP contribution in [0.5, 0.6) is 0 Å². The van der Waals surface area contributed by atoms with E-state index in [-0.39, 0.29) is 37.4 Å². The first-order chi connectivity index (χ1) is 31.9. The summed E-state index contributed by atoms with van der Waals surface area (Å²) in [7, 11) is 0. The minimum Gasteiger partial charge on any atom is -0.486 e. The van der Waals surface area contributed by atoms with Gasteiger partial charge >= 0.3 is 120 Å². The molecule has 7 heteroatoms. The predicted octanol–water partition coefficient (Wildman–Crippen LogP) is 15.5. The van der Waals surface area contributed by atoms with Crippen molar-refractivity contribution in [3.63, 3.8) is 0 Å². The van der Waals surface area contributed by atoms with Gasteiger partial charge in [-0.2, -0.15) is 0 Å². The number of para-hydroxylation sites is 2. The van der Waals surface area contributed by atoms with Gasteiger partial charge in [-0.25, -0.2) is 4.98 Å². The third-order valence-electron chi connectivity index (χ3n) is 12.0. The monoisotopic (exact) mass is 1100 g/mol. The van der Waals surface area contributed by atoms with Gasteiger partial charge in [-0.05, 0) is 65.1 Å². The largest absolute Gasteiger partial charge is 0.486 e. The second-order valence-electron chi connectivity index (χ2n) is 19.8. The van der Waals surface area contributed by atoms with Crippen LogP contribution >= 0.6 is 0 Å². The summed E-state index contributed by atoms with van der Waals surface area (Å²) in [6, 6.07) is 44.5. The molecule has 0 aliphatic rings. The Morgan fingerprint density at radius 1 is 0.723 bits per heavy atom. The summed E-state index contributed by atoms with van der Waals surface area (Å²) < 4.78 is 41.8. The van der Waals surface area contributed by atoms with Gasteiger partial charge in [-0.15, -0.1) is 18.2 Å². The molecule has 0 saturated heterocycles. The second-order valence-corrected chi connectivity index (χ2v) is 30.4. The number of aromatic nitrogens is 4. The van der Waals surface area contributed by atoms with E-state index in [1.807, 2.05) is 74.6 Å². The fraction of sp³-hybridized carbons (Fsp3) is 0.293. The van der Waals surface area contributed by atoms with Crippen molar-refractivity contribution in [1.82, 2.24) is 19.5 Å². The van der Waals surface area contributed by atoms with Crippen LogP contribution in [0.3, 0.4) is 0 Å². The fourth-order valence-corrected chi connectivity index (χ4v) is 11.7. The van der Waals surface area contributed by atoms with Crippen LogP contribution in [-0.2, 0) is 25.5 Å². The summed E-state index contributed by atoms with van der Waals surface area (Å²) >= 11 is -2.03. The van der Waals surface area contributed by atoms with Gasteiger partial charge in [0, 0.05) is 40.9 Å². The average molecular weight is 1100 g/mol. The van der Waals surface area contributed by atoms with Gasteiger partial charge < -0.3 is 8.98 Å². The van der Waals surface area contributed by atoms with Gasteiger partial charge in [0.1, 0.15) is 0 Å². The number of hydrogen-bond donors (Lipinski definition) is 0. The number of hydrogen-bond acceptors (Lipinski definition) is 4. The van der Waals surface area contributed by atoms with E-state index in [9.17, 15) is 0 Å². The molecular formula is C58H62GeIrN4O-2. The number of furan rings is 1. The molecule has 335 valence electrons. The summed E-state index contributed by atoms with van der Waals surface area (Å²) in [5.41, 5.74) is 13.8. The van der Waals surface area contributed by atoms with E-state index < -0.39 is 26.0 Å². The van der Waals surface area contributed by atoms with E-state index in [1.54, 1.807) is 24.3 Å². The molecule has 4 heterocycles. The van der Waals surface area contributed by atoms with Crippen LogP contribution in [0.25, 0.3) is 72.7 Å². The third kappa shape index (κ3) is 9.73. The maximum atomic E-state index is 8.44. The van der Waals surface area contributed by atoms with Crippen LogP contribution in [0.4, 0.5) is 0 Å². The first-order valence-electron chi connectivity index (χ1n) is 24.4. The molecule has 0 fully saturated rings. The summed E-state index contributed by atoms with van der Waals surface area (Å²) in [5, 5.41) is 1.83. The molecule has 5 nitrogen and oxygen atoms in total. The standard InChI is InChI=1S/C41H40N3O.C17H22GeN.Ir/c1-24(2)32-22-28(41(6,7)8)23-33(25(3)4)37(32)44-36-15-10-9-14-35(36)42-39(44)31-13-11-12-29-30-20-21-34(43-40(30)45-38(29)31)27-18-16-26(5)17-19-27;1-13(2)15-11-17(14-9-7-6-8-10-14)19-12-16(15)18(3,4)5;/h9-12,14-25H,1-8H3;6-9,11-13H,1-5H3;/q2*-1;/i5D3;13D;. The molecule has 0 amide bonds. The van der Waals surface area contributed by atoms with Crippen molar-refractivity contribution >= 4 is 50.8 Å². The summed E-state index contributed by atoms with van der Waals surface area (Å²) in [5.74, 6) is 7.77. The Labute approximate surface area is 408 Å². The molecule has 0 aliphatic carbocycles. The number of aryl methyl sites for hydroxylation is 1. The summed E-state index contributed by atoms with van der Waals surface area (Å²) in [6.07, 6.45) is 2.00. The summed E-state index contributed by atoms with van der Waals surface area (Å²) in [6.45, 7) is 17.6. The van der Waals surface area contributed by atoms with E-state index in [1.165, 1.54) is 26.8 Å². The zero-order valence-corrected chi connectivity index (χ0v) is 44.2. The maximum absolute atomic E-state index is 8.44. The molecule has 0 atom stereocenters. The first-order valence-corrected chi connectivity index (χ1v) is 29.8. The van der Waals surface area contributed by atoms with E-state index in [0.29, 0.717) is 22.6 Å². The van der Waals surface area contributed by atoms with Gasteiger partial charge in [0.15, 0.2) is 0 Å². The first kappa shape index (κ1) is 42.5. The molecule has 0 N–H and O–H groups in total. The van der Waals surface area contributed by atoms with Crippen LogP contribution < -0.4 is 4.40 Å². The van der Waals surface area contributed by atoms with E-state index in [4.69, 9.17) is 19.9 Å². The van der Waals surface area contributed by atoms with Gasteiger partial charge in [-0.1, -0.05) is 114 Å².